The number of aliphatic hydroxyl groups excluding tert-OH is 2. The molecule has 27 heavy (non-hydrogen) atoms. The van der Waals surface area contributed by atoms with Gasteiger partial charge in [0.2, 0.25) is 5.91 Å². The first kappa shape index (κ1) is 19.6. The molecule has 0 spiro atoms. The minimum absolute atomic E-state index is 0.0112. The van der Waals surface area contributed by atoms with E-state index in [1.165, 1.54) is 10.9 Å². The fourth-order valence-corrected chi connectivity index (χ4v) is 3.17. The molecule has 10 heteroatoms. The molecular weight excluding hydrogens is 357 g/mol. The van der Waals surface area contributed by atoms with Gasteiger partial charge in [-0.3, -0.25) is 9.36 Å². The minimum Gasteiger partial charge on any atom is -0.394 e. The number of nitrogens with one attached hydrogen (secondary N) is 1. The van der Waals surface area contributed by atoms with Crippen LogP contribution in [-0.2, 0) is 9.53 Å². The second-order valence-corrected chi connectivity index (χ2v) is 6.66. The van der Waals surface area contributed by atoms with Crippen LogP contribution in [0.2, 0.25) is 0 Å². The molecule has 1 aliphatic rings. The average molecular weight is 381 g/mol. The number of hydrogen-bond acceptors (Lipinski definition) is 7. The van der Waals surface area contributed by atoms with Crippen molar-refractivity contribution in [2.75, 3.05) is 11.9 Å². The lowest BCUT2D eigenvalue weighted by atomic mass is 10.1. The molecule has 3 atom stereocenters. The lowest BCUT2D eigenvalue weighted by Gasteiger charge is -2.16. The van der Waals surface area contributed by atoms with Crippen molar-refractivity contribution in [3.8, 4) is 0 Å². The number of unbranched alkanes of at least 4 members (excludes halogenated alkanes) is 3. The van der Waals surface area contributed by atoms with Gasteiger partial charge in [0.05, 0.1) is 19.0 Å². The van der Waals surface area contributed by atoms with Crippen LogP contribution in [0.4, 0.5) is 10.2 Å². The van der Waals surface area contributed by atoms with E-state index in [0.717, 1.165) is 25.7 Å². The second-order valence-electron chi connectivity index (χ2n) is 6.66. The Labute approximate surface area is 155 Å². The number of halogens is 1. The molecule has 9 nitrogen and oxygen atoms in total. The Hall–Kier alpha value is -2.17. The lowest BCUT2D eigenvalue weighted by molar-refractivity contribution is -0.116. The molecule has 1 aliphatic heterocycles. The van der Waals surface area contributed by atoms with Crippen LogP contribution in [0.15, 0.2) is 6.33 Å². The number of hydrogen-bond donors (Lipinski definition) is 3. The predicted octanol–water partition coefficient (Wildman–Crippen LogP) is 1.51. The summed E-state index contributed by atoms with van der Waals surface area (Å²) in [6, 6.07) is 0. The van der Waals surface area contributed by atoms with Crippen LogP contribution in [0.5, 0.6) is 0 Å². The van der Waals surface area contributed by atoms with Crippen LogP contribution in [0.25, 0.3) is 11.2 Å². The summed E-state index contributed by atoms with van der Waals surface area (Å²) in [4.78, 5) is 23.6. The van der Waals surface area contributed by atoms with Crippen LogP contribution in [0.3, 0.4) is 0 Å². The largest absolute Gasteiger partial charge is 0.394 e. The van der Waals surface area contributed by atoms with E-state index in [1.54, 1.807) is 0 Å². The molecule has 0 radical (unpaired) electrons. The highest BCUT2D eigenvalue weighted by atomic mass is 19.1. The van der Waals surface area contributed by atoms with E-state index in [0.29, 0.717) is 6.42 Å². The second kappa shape index (κ2) is 8.68. The number of carbonyl (C=O) groups excluding carboxylic acids is 1. The Morgan fingerprint density at radius 2 is 2.22 bits per heavy atom. The molecule has 0 unspecified atom stereocenters. The van der Waals surface area contributed by atoms with Crippen LogP contribution < -0.4 is 5.32 Å². The van der Waals surface area contributed by atoms with E-state index in [-0.39, 0.29) is 35.9 Å². The standard InChI is InChI=1S/C17H24FN5O4/c1-2-3-4-5-6-12(26)20-14-13-15(22-17(18)21-14)23(9-19-13)16-11(25)7-10(8-24)27-16/h9-11,16,24-25H,2-8H2,1H3,(H,20,21,22,26)/t10-,11-,16+/m0/s1. The predicted molar refractivity (Wildman–Crippen MR) is 94.3 cm³/mol. The van der Waals surface area contributed by atoms with Gasteiger partial charge in [-0.2, -0.15) is 14.4 Å². The summed E-state index contributed by atoms with van der Waals surface area (Å²) in [5, 5.41) is 22.0. The van der Waals surface area contributed by atoms with Gasteiger partial charge >= 0.3 is 6.08 Å². The normalized spacial score (nSPS) is 22.4. The molecule has 2 aromatic heterocycles. The Kier molecular flexibility index (Phi) is 6.30. The van der Waals surface area contributed by atoms with Crippen molar-refractivity contribution in [3.63, 3.8) is 0 Å². The third-order valence-electron chi connectivity index (χ3n) is 4.55. The molecule has 0 saturated carbocycles. The molecule has 0 bridgehead atoms. The highest BCUT2D eigenvalue weighted by Gasteiger charge is 2.36. The fraction of sp³-hybridized carbons (Fsp3) is 0.647. The molecule has 0 aromatic carbocycles. The maximum atomic E-state index is 13.9. The van der Waals surface area contributed by atoms with Crippen LogP contribution in [0.1, 0.15) is 51.7 Å². The number of nitrogens with zero attached hydrogens (tertiary/aromatic N) is 4. The first-order valence-electron chi connectivity index (χ1n) is 9.17. The average Bonchev–Trinajstić information content (AvgIpc) is 3.21. The van der Waals surface area contributed by atoms with Gasteiger partial charge in [0.15, 0.2) is 23.2 Å². The van der Waals surface area contributed by atoms with Gasteiger partial charge in [0, 0.05) is 12.8 Å². The number of aromatic nitrogens is 4. The zero-order chi connectivity index (χ0) is 19.4. The molecule has 1 saturated heterocycles. The molecule has 1 fully saturated rings. The van der Waals surface area contributed by atoms with Crippen molar-refractivity contribution in [1.82, 2.24) is 19.5 Å². The Morgan fingerprint density at radius 3 is 2.93 bits per heavy atom. The zero-order valence-corrected chi connectivity index (χ0v) is 15.1. The van der Waals surface area contributed by atoms with Gasteiger partial charge in [-0.05, 0) is 6.42 Å². The minimum atomic E-state index is -1.02. The van der Waals surface area contributed by atoms with Gasteiger partial charge in [0.25, 0.3) is 0 Å². The Bertz CT molecular complexity index is 799. The quantitative estimate of drug-likeness (QED) is 0.468. The molecule has 0 aliphatic carbocycles. The summed E-state index contributed by atoms with van der Waals surface area (Å²) >= 11 is 0. The smallest absolute Gasteiger partial charge is 0.312 e. The molecule has 2 aromatic rings. The summed E-state index contributed by atoms with van der Waals surface area (Å²) < 4.78 is 20.9. The number of amides is 1. The molecule has 1 amide bonds. The molecule has 3 N–H and O–H groups in total. The molecular formula is C17H24FN5O4. The zero-order valence-electron chi connectivity index (χ0n) is 15.1. The van der Waals surface area contributed by atoms with Crippen molar-refractivity contribution < 1.29 is 24.1 Å². The highest BCUT2D eigenvalue weighted by molar-refractivity contribution is 5.96. The third kappa shape index (κ3) is 4.40. The van der Waals surface area contributed by atoms with E-state index >= 15 is 0 Å². The summed E-state index contributed by atoms with van der Waals surface area (Å²) in [5.74, 6) is -0.277. The van der Waals surface area contributed by atoms with Gasteiger partial charge in [-0.15, -0.1) is 0 Å². The van der Waals surface area contributed by atoms with Gasteiger partial charge in [-0.25, -0.2) is 4.98 Å². The molecule has 3 rings (SSSR count). The van der Waals surface area contributed by atoms with Gasteiger partial charge in [0.1, 0.15) is 6.10 Å². The fourth-order valence-electron chi connectivity index (χ4n) is 3.17. The Morgan fingerprint density at radius 1 is 1.41 bits per heavy atom. The number of carbonyl (C=O) groups is 1. The van der Waals surface area contributed by atoms with Crippen molar-refractivity contribution in [2.45, 2.75) is 63.9 Å². The van der Waals surface area contributed by atoms with E-state index in [4.69, 9.17) is 4.74 Å². The molecule has 148 valence electrons. The maximum absolute atomic E-state index is 13.9. The van der Waals surface area contributed by atoms with E-state index in [1.807, 2.05) is 0 Å². The Balaban J connectivity index is 1.80. The first-order chi connectivity index (χ1) is 13.0. The lowest BCUT2D eigenvalue weighted by Crippen LogP contribution is -2.20. The monoisotopic (exact) mass is 381 g/mol. The summed E-state index contributed by atoms with van der Waals surface area (Å²) in [5.41, 5.74) is 0.313. The van der Waals surface area contributed by atoms with E-state index in [2.05, 4.69) is 27.2 Å². The van der Waals surface area contributed by atoms with Gasteiger partial charge < -0.3 is 20.3 Å². The number of anilines is 1. The van der Waals surface area contributed by atoms with E-state index in [9.17, 15) is 19.4 Å². The third-order valence-corrected chi connectivity index (χ3v) is 4.55. The first-order valence-corrected chi connectivity index (χ1v) is 9.17. The van der Waals surface area contributed by atoms with Crippen LogP contribution >= 0.6 is 0 Å². The maximum Gasteiger partial charge on any atom is 0.312 e. The number of aliphatic hydroxyl groups is 2. The van der Waals surface area contributed by atoms with Crippen LogP contribution in [-0.4, -0.2) is 54.5 Å². The van der Waals surface area contributed by atoms with Crippen LogP contribution in [0, 0.1) is 6.08 Å². The highest BCUT2D eigenvalue weighted by Crippen LogP contribution is 2.31. The number of ether oxygens (including phenoxy) is 1. The topological polar surface area (TPSA) is 122 Å². The summed E-state index contributed by atoms with van der Waals surface area (Å²) in [6.07, 6.45) is 2.47. The van der Waals surface area contributed by atoms with Crippen molar-refractivity contribution >= 4 is 22.9 Å². The van der Waals surface area contributed by atoms with Crippen molar-refractivity contribution in [2.24, 2.45) is 0 Å². The van der Waals surface area contributed by atoms with E-state index < -0.39 is 24.5 Å². The number of rotatable bonds is 8. The van der Waals surface area contributed by atoms with Crippen molar-refractivity contribution in [3.05, 3.63) is 12.4 Å². The summed E-state index contributed by atoms with van der Waals surface area (Å²) in [7, 11) is 0. The van der Waals surface area contributed by atoms with Crippen molar-refractivity contribution in [1.29, 1.82) is 0 Å². The number of fused-ring (bicyclic) bond motifs is 1. The SMILES string of the molecule is CCCCCCC(=O)Nc1nc(F)nc2c1ncn2[C@@H]1O[C@H](CO)C[C@@H]1O. The van der Waals surface area contributed by atoms with Gasteiger partial charge in [-0.1, -0.05) is 26.2 Å². The summed E-state index contributed by atoms with van der Waals surface area (Å²) in [6.45, 7) is 1.85. The number of imidazole rings is 1. The molecule has 3 heterocycles.